The second kappa shape index (κ2) is 6.03. The van der Waals surface area contributed by atoms with Crippen LogP contribution in [-0.2, 0) is 6.54 Å². The van der Waals surface area contributed by atoms with E-state index in [1.807, 2.05) is 6.92 Å². The predicted molar refractivity (Wildman–Crippen MR) is 88.2 cm³/mol. The first-order valence-corrected chi connectivity index (χ1v) is 8.72. The zero-order valence-corrected chi connectivity index (χ0v) is 13.5. The molecule has 0 radical (unpaired) electrons. The minimum Gasteiger partial charge on any atom is -0.382 e. The summed E-state index contributed by atoms with van der Waals surface area (Å²) in [5.74, 6) is 0.197. The van der Waals surface area contributed by atoms with Gasteiger partial charge in [0.05, 0.1) is 0 Å². The highest BCUT2D eigenvalue weighted by atomic mass is 32.1. The second-order valence-electron chi connectivity index (χ2n) is 5.17. The Bertz CT molecular complexity index is 643. The smallest absolute Gasteiger partial charge is 0.265 e. The van der Waals surface area contributed by atoms with E-state index in [4.69, 9.17) is 5.73 Å². The number of aromatic nitrogens is 1. The van der Waals surface area contributed by atoms with Crippen LogP contribution in [0.4, 0.5) is 10.9 Å². The Kier molecular flexibility index (Phi) is 4.12. The summed E-state index contributed by atoms with van der Waals surface area (Å²) < 4.78 is 0. The number of aryl methyl sites for hydroxylation is 1. The molecular weight excluding hydrogens is 304 g/mol. The van der Waals surface area contributed by atoms with Crippen molar-refractivity contribution in [2.75, 3.05) is 23.7 Å². The van der Waals surface area contributed by atoms with Crippen molar-refractivity contribution in [1.29, 1.82) is 0 Å². The summed E-state index contributed by atoms with van der Waals surface area (Å²) in [6.45, 7) is 4.58. The maximum atomic E-state index is 12.3. The highest BCUT2D eigenvalue weighted by Gasteiger charge is 2.21. The van der Waals surface area contributed by atoms with Crippen LogP contribution < -0.4 is 16.0 Å². The molecule has 21 heavy (non-hydrogen) atoms. The maximum Gasteiger partial charge on any atom is 0.265 e. The quantitative estimate of drug-likeness (QED) is 0.908. The Morgan fingerprint density at radius 2 is 2.19 bits per heavy atom. The third kappa shape index (κ3) is 3.03. The number of carbonyl (C=O) groups is 1. The number of thiazole rings is 1. The van der Waals surface area contributed by atoms with Gasteiger partial charge in [-0.25, -0.2) is 4.98 Å². The van der Waals surface area contributed by atoms with Gasteiger partial charge in [-0.3, -0.25) is 4.79 Å². The zero-order chi connectivity index (χ0) is 14.8. The van der Waals surface area contributed by atoms with E-state index in [2.05, 4.69) is 26.0 Å². The summed E-state index contributed by atoms with van der Waals surface area (Å²) >= 11 is 3.03. The van der Waals surface area contributed by atoms with Crippen LogP contribution in [0.15, 0.2) is 10.8 Å². The predicted octanol–water partition coefficient (Wildman–Crippen LogP) is 2.63. The largest absolute Gasteiger partial charge is 0.382 e. The van der Waals surface area contributed by atoms with Gasteiger partial charge in [0.25, 0.3) is 5.91 Å². The van der Waals surface area contributed by atoms with E-state index in [0.29, 0.717) is 17.2 Å². The minimum absolute atomic E-state index is 0.138. The van der Waals surface area contributed by atoms with E-state index in [-0.39, 0.29) is 5.91 Å². The second-order valence-corrected chi connectivity index (χ2v) is 6.89. The van der Waals surface area contributed by atoms with Gasteiger partial charge in [-0.2, -0.15) is 11.3 Å². The molecule has 7 heteroatoms. The third-order valence-corrected chi connectivity index (χ3v) is 5.67. The molecular formula is C14H18N4OS2. The molecule has 0 saturated carbocycles. The van der Waals surface area contributed by atoms with Crippen molar-refractivity contribution in [3.05, 3.63) is 26.8 Å². The minimum atomic E-state index is -0.138. The topological polar surface area (TPSA) is 71.2 Å². The number of nitrogens with two attached hydrogens (primary N) is 1. The van der Waals surface area contributed by atoms with Crippen LogP contribution in [0.25, 0.3) is 0 Å². The van der Waals surface area contributed by atoms with Crippen LogP contribution in [0.3, 0.4) is 0 Å². The lowest BCUT2D eigenvalue weighted by Gasteiger charge is -2.11. The lowest BCUT2D eigenvalue weighted by Crippen LogP contribution is -2.22. The van der Waals surface area contributed by atoms with Gasteiger partial charge in [0, 0.05) is 19.6 Å². The van der Waals surface area contributed by atoms with Crippen LogP contribution in [0, 0.1) is 6.92 Å². The van der Waals surface area contributed by atoms with Gasteiger partial charge in [-0.1, -0.05) is 11.3 Å². The van der Waals surface area contributed by atoms with Crippen LogP contribution >= 0.6 is 22.7 Å². The monoisotopic (exact) mass is 322 g/mol. The fourth-order valence-corrected chi connectivity index (χ4v) is 4.16. The summed E-state index contributed by atoms with van der Waals surface area (Å²) in [7, 11) is 0. The molecule has 2 aromatic rings. The van der Waals surface area contributed by atoms with Gasteiger partial charge < -0.3 is 16.0 Å². The molecule has 3 N–H and O–H groups in total. The molecule has 0 aliphatic carbocycles. The van der Waals surface area contributed by atoms with Crippen LogP contribution in [0.5, 0.6) is 0 Å². The van der Waals surface area contributed by atoms with Crippen molar-refractivity contribution in [1.82, 2.24) is 10.3 Å². The number of nitrogens with one attached hydrogen (secondary N) is 1. The maximum absolute atomic E-state index is 12.3. The number of nitrogen functional groups attached to an aromatic ring is 1. The van der Waals surface area contributed by atoms with Crippen molar-refractivity contribution in [3.8, 4) is 0 Å². The van der Waals surface area contributed by atoms with Gasteiger partial charge in [-0.15, -0.1) is 0 Å². The number of nitrogens with zero attached hydrogens (tertiary/aromatic N) is 2. The van der Waals surface area contributed by atoms with Gasteiger partial charge in [0.1, 0.15) is 10.7 Å². The Labute approximate surface area is 131 Å². The molecule has 3 heterocycles. The van der Waals surface area contributed by atoms with Crippen molar-refractivity contribution >= 4 is 39.5 Å². The fourth-order valence-electron chi connectivity index (χ4n) is 2.35. The number of carbonyl (C=O) groups excluding carboxylic acids is 1. The van der Waals surface area contributed by atoms with Crippen LogP contribution in [-0.4, -0.2) is 24.0 Å². The highest BCUT2D eigenvalue weighted by Crippen LogP contribution is 2.30. The van der Waals surface area contributed by atoms with Crippen molar-refractivity contribution in [2.24, 2.45) is 0 Å². The summed E-state index contributed by atoms with van der Waals surface area (Å²) in [6.07, 6.45) is 2.36. The average molecular weight is 322 g/mol. The van der Waals surface area contributed by atoms with Crippen LogP contribution in [0.2, 0.25) is 0 Å². The zero-order valence-electron chi connectivity index (χ0n) is 11.9. The van der Waals surface area contributed by atoms with Crippen molar-refractivity contribution < 1.29 is 4.79 Å². The molecule has 2 aromatic heterocycles. The van der Waals surface area contributed by atoms with E-state index in [0.717, 1.165) is 23.8 Å². The van der Waals surface area contributed by atoms with E-state index >= 15 is 0 Å². The Morgan fingerprint density at radius 1 is 1.43 bits per heavy atom. The van der Waals surface area contributed by atoms with E-state index in [1.54, 1.807) is 11.3 Å². The average Bonchev–Trinajstić information content (AvgIpc) is 3.16. The molecule has 1 aliphatic rings. The lowest BCUT2D eigenvalue weighted by molar-refractivity contribution is 0.0955. The lowest BCUT2D eigenvalue weighted by atomic mass is 10.2. The summed E-state index contributed by atoms with van der Waals surface area (Å²) in [6, 6.07) is 0. The van der Waals surface area contributed by atoms with Gasteiger partial charge in [0.2, 0.25) is 0 Å². The van der Waals surface area contributed by atoms with E-state index in [1.165, 1.54) is 29.7 Å². The van der Waals surface area contributed by atoms with Gasteiger partial charge in [0.15, 0.2) is 5.13 Å². The van der Waals surface area contributed by atoms with E-state index in [9.17, 15) is 4.79 Å². The molecule has 112 valence electrons. The molecule has 1 aliphatic heterocycles. The first-order chi connectivity index (χ1) is 10.1. The molecule has 0 unspecified atom stereocenters. The molecule has 1 amide bonds. The molecule has 3 rings (SSSR count). The molecule has 1 saturated heterocycles. The number of hydrogen-bond donors (Lipinski definition) is 2. The van der Waals surface area contributed by atoms with E-state index < -0.39 is 0 Å². The highest BCUT2D eigenvalue weighted by molar-refractivity contribution is 7.18. The SMILES string of the molecule is Cc1cscc1CNC(=O)c1sc(N2CCCC2)nc1N. The number of thiophene rings is 1. The normalized spacial score (nSPS) is 14.6. The molecule has 0 atom stereocenters. The van der Waals surface area contributed by atoms with Gasteiger partial charge >= 0.3 is 0 Å². The third-order valence-electron chi connectivity index (χ3n) is 3.63. The number of anilines is 2. The summed E-state index contributed by atoms with van der Waals surface area (Å²) in [5.41, 5.74) is 8.26. The summed E-state index contributed by atoms with van der Waals surface area (Å²) in [4.78, 5) is 19.3. The van der Waals surface area contributed by atoms with Crippen molar-refractivity contribution in [2.45, 2.75) is 26.3 Å². The van der Waals surface area contributed by atoms with Crippen molar-refractivity contribution in [3.63, 3.8) is 0 Å². The number of rotatable bonds is 4. The standard InChI is InChI=1S/C14H18N4OS2/c1-9-7-20-8-10(9)6-16-13(19)11-12(15)17-14(21-11)18-4-2-3-5-18/h7-8H,2-6,15H2,1H3,(H,16,19). The molecule has 0 bridgehead atoms. The molecule has 1 fully saturated rings. The first kappa shape index (κ1) is 14.3. The van der Waals surface area contributed by atoms with Gasteiger partial charge in [-0.05, 0) is 41.7 Å². The first-order valence-electron chi connectivity index (χ1n) is 6.96. The molecule has 5 nitrogen and oxygen atoms in total. The molecule has 0 spiro atoms. The van der Waals surface area contributed by atoms with Crippen LogP contribution in [0.1, 0.15) is 33.6 Å². The summed E-state index contributed by atoms with van der Waals surface area (Å²) in [5, 5.41) is 7.92. The Hall–Kier alpha value is -1.60. The Balaban J connectivity index is 1.68. The molecule has 0 aromatic carbocycles. The number of hydrogen-bond acceptors (Lipinski definition) is 6. The Morgan fingerprint density at radius 3 is 2.86 bits per heavy atom. The fraction of sp³-hybridized carbons (Fsp3) is 0.429. The number of amides is 1.